The third kappa shape index (κ3) is 4.08. The highest BCUT2D eigenvalue weighted by Gasteiger charge is 2.26. The number of carbonyl (C=O) groups excluding carboxylic acids is 1. The number of halogens is 2. The molecule has 114 valence electrons. The molecule has 5 nitrogen and oxygen atoms in total. The van der Waals surface area contributed by atoms with Crippen LogP contribution in [-0.2, 0) is 4.74 Å². The number of benzene rings is 1. The Bertz CT molecular complexity index is 542. The molecule has 8 heteroatoms. The van der Waals surface area contributed by atoms with Crippen LogP contribution in [0.1, 0.15) is 10.4 Å². The molecule has 1 aliphatic rings. The van der Waals surface area contributed by atoms with E-state index in [0.29, 0.717) is 13.2 Å². The van der Waals surface area contributed by atoms with Gasteiger partial charge in [0.05, 0.1) is 13.2 Å². The smallest absolute Gasteiger partial charge is 0.387 e. The minimum atomic E-state index is -2.93. The molecular formula is C13H14F2N2O3S. The minimum Gasteiger partial charge on any atom is -0.435 e. The third-order valence-corrected chi connectivity index (χ3v) is 3.24. The van der Waals surface area contributed by atoms with Crippen LogP contribution in [0.5, 0.6) is 5.75 Å². The molecule has 2 N–H and O–H groups in total. The van der Waals surface area contributed by atoms with Crippen molar-refractivity contribution in [2.45, 2.75) is 12.7 Å². The summed E-state index contributed by atoms with van der Waals surface area (Å²) < 4.78 is 34.0. The summed E-state index contributed by atoms with van der Waals surface area (Å²) in [7, 11) is 0. The molecule has 1 unspecified atom stereocenters. The van der Waals surface area contributed by atoms with Crippen LogP contribution in [0.4, 0.5) is 8.78 Å². The van der Waals surface area contributed by atoms with Crippen molar-refractivity contribution >= 4 is 23.1 Å². The third-order valence-electron chi connectivity index (χ3n) is 2.98. The van der Waals surface area contributed by atoms with E-state index in [4.69, 9.17) is 22.7 Å². The van der Waals surface area contributed by atoms with Crippen molar-refractivity contribution in [2.75, 3.05) is 19.7 Å². The first kappa shape index (κ1) is 15.6. The van der Waals surface area contributed by atoms with Crippen molar-refractivity contribution in [3.63, 3.8) is 0 Å². The summed E-state index contributed by atoms with van der Waals surface area (Å²) in [6.45, 7) is -1.98. The number of ether oxygens (including phenoxy) is 2. The second-order valence-corrected chi connectivity index (χ2v) is 4.89. The number of rotatable bonds is 4. The highest BCUT2D eigenvalue weighted by atomic mass is 32.1. The number of nitrogens with zero attached hydrogens (tertiary/aromatic N) is 1. The van der Waals surface area contributed by atoms with Crippen molar-refractivity contribution in [1.82, 2.24) is 4.90 Å². The van der Waals surface area contributed by atoms with E-state index in [1.165, 1.54) is 29.2 Å². The molecule has 1 atom stereocenters. The van der Waals surface area contributed by atoms with Gasteiger partial charge in [-0.05, 0) is 18.2 Å². The number of thiocarbonyl (C=S) groups is 1. The molecule has 0 bridgehead atoms. The van der Waals surface area contributed by atoms with E-state index in [2.05, 4.69) is 4.74 Å². The fourth-order valence-electron chi connectivity index (χ4n) is 1.99. The molecule has 2 rings (SSSR count). The number of morpholine rings is 1. The maximum Gasteiger partial charge on any atom is 0.387 e. The Morgan fingerprint density at radius 2 is 2.29 bits per heavy atom. The van der Waals surface area contributed by atoms with Gasteiger partial charge < -0.3 is 20.1 Å². The predicted octanol–water partition coefficient (Wildman–Crippen LogP) is 1.42. The molecule has 1 fully saturated rings. The molecule has 0 aliphatic carbocycles. The van der Waals surface area contributed by atoms with Crippen LogP contribution in [0, 0.1) is 0 Å². The van der Waals surface area contributed by atoms with E-state index in [0.717, 1.165) is 0 Å². The first-order valence-electron chi connectivity index (χ1n) is 6.22. The quantitative estimate of drug-likeness (QED) is 0.851. The molecule has 0 radical (unpaired) electrons. The molecule has 21 heavy (non-hydrogen) atoms. The van der Waals surface area contributed by atoms with Crippen LogP contribution in [0.2, 0.25) is 0 Å². The lowest BCUT2D eigenvalue weighted by atomic mass is 10.1. The van der Waals surface area contributed by atoms with Crippen molar-refractivity contribution in [2.24, 2.45) is 5.73 Å². The second kappa shape index (κ2) is 6.77. The first-order chi connectivity index (χ1) is 9.97. The summed E-state index contributed by atoms with van der Waals surface area (Å²) >= 11 is 4.85. The van der Waals surface area contributed by atoms with Crippen LogP contribution in [0.3, 0.4) is 0 Å². The van der Waals surface area contributed by atoms with Gasteiger partial charge in [-0.3, -0.25) is 4.79 Å². The zero-order valence-electron chi connectivity index (χ0n) is 11.0. The molecular weight excluding hydrogens is 302 g/mol. The number of hydrogen-bond donors (Lipinski definition) is 1. The SMILES string of the molecule is NC(=S)C1CN(C(=O)c2cccc(OC(F)F)c2)CCO1. The fourth-order valence-corrected chi connectivity index (χ4v) is 2.14. The number of nitrogens with two attached hydrogens (primary N) is 1. The van der Waals surface area contributed by atoms with Crippen molar-refractivity contribution in [3.05, 3.63) is 29.8 Å². The molecule has 1 saturated heterocycles. The first-order valence-corrected chi connectivity index (χ1v) is 6.63. The number of carbonyl (C=O) groups is 1. The fraction of sp³-hybridized carbons (Fsp3) is 0.385. The maximum atomic E-state index is 12.3. The van der Waals surface area contributed by atoms with Crippen molar-refractivity contribution in [3.8, 4) is 5.75 Å². The van der Waals surface area contributed by atoms with Crippen LogP contribution in [-0.4, -0.2) is 48.2 Å². The molecule has 1 aromatic carbocycles. The van der Waals surface area contributed by atoms with Crippen LogP contribution in [0.25, 0.3) is 0 Å². The Kier molecular flexibility index (Phi) is 5.03. The van der Waals surface area contributed by atoms with E-state index in [-0.39, 0.29) is 28.8 Å². The molecule has 1 aliphatic heterocycles. The van der Waals surface area contributed by atoms with Gasteiger partial charge in [-0.15, -0.1) is 0 Å². The van der Waals surface area contributed by atoms with Gasteiger partial charge in [0, 0.05) is 12.1 Å². The summed E-state index contributed by atoms with van der Waals surface area (Å²) in [5, 5.41) is 0. The number of hydrogen-bond acceptors (Lipinski definition) is 4. The van der Waals surface area contributed by atoms with E-state index in [9.17, 15) is 13.6 Å². The topological polar surface area (TPSA) is 64.8 Å². The standard InChI is InChI=1S/C13H14F2N2O3S/c14-13(15)20-9-3-1-2-8(6-9)12(18)17-4-5-19-10(7-17)11(16)21/h1-3,6,10,13H,4-5,7H2,(H2,16,21). The van der Waals surface area contributed by atoms with Crippen molar-refractivity contribution in [1.29, 1.82) is 0 Å². The van der Waals surface area contributed by atoms with E-state index in [1.807, 2.05) is 0 Å². The van der Waals surface area contributed by atoms with Gasteiger partial charge in [-0.25, -0.2) is 0 Å². The monoisotopic (exact) mass is 316 g/mol. The lowest BCUT2D eigenvalue weighted by Gasteiger charge is -2.32. The maximum absolute atomic E-state index is 12.3. The highest BCUT2D eigenvalue weighted by Crippen LogP contribution is 2.18. The van der Waals surface area contributed by atoms with Gasteiger partial charge in [-0.2, -0.15) is 8.78 Å². The molecule has 0 aromatic heterocycles. The van der Waals surface area contributed by atoms with Gasteiger partial charge in [-0.1, -0.05) is 18.3 Å². The molecule has 1 heterocycles. The van der Waals surface area contributed by atoms with E-state index < -0.39 is 12.7 Å². The normalized spacial score (nSPS) is 18.6. The minimum absolute atomic E-state index is 0.0602. The van der Waals surface area contributed by atoms with Gasteiger partial charge in [0.25, 0.3) is 5.91 Å². The predicted molar refractivity (Wildman–Crippen MR) is 75.5 cm³/mol. The Morgan fingerprint density at radius 1 is 1.52 bits per heavy atom. The average molecular weight is 316 g/mol. The summed E-state index contributed by atoms with van der Waals surface area (Å²) in [4.78, 5) is 14.1. The van der Waals surface area contributed by atoms with E-state index >= 15 is 0 Å². The largest absolute Gasteiger partial charge is 0.435 e. The second-order valence-electron chi connectivity index (χ2n) is 4.42. The van der Waals surface area contributed by atoms with E-state index in [1.54, 1.807) is 0 Å². The number of amides is 1. The average Bonchev–Trinajstić information content (AvgIpc) is 2.46. The molecule has 1 aromatic rings. The zero-order chi connectivity index (χ0) is 15.4. The van der Waals surface area contributed by atoms with Gasteiger partial charge in [0.2, 0.25) is 0 Å². The highest BCUT2D eigenvalue weighted by molar-refractivity contribution is 7.80. The Hall–Kier alpha value is -1.80. The molecule has 0 saturated carbocycles. The lowest BCUT2D eigenvalue weighted by molar-refractivity contribution is -0.0499. The van der Waals surface area contributed by atoms with Crippen LogP contribution in [0.15, 0.2) is 24.3 Å². The lowest BCUT2D eigenvalue weighted by Crippen LogP contribution is -2.49. The number of alkyl halides is 2. The zero-order valence-corrected chi connectivity index (χ0v) is 11.8. The summed E-state index contributed by atoms with van der Waals surface area (Å²) in [6, 6.07) is 5.65. The van der Waals surface area contributed by atoms with Gasteiger partial charge in [0.15, 0.2) is 0 Å². The van der Waals surface area contributed by atoms with Crippen molar-refractivity contribution < 1.29 is 23.0 Å². The summed E-state index contributed by atoms with van der Waals surface area (Å²) in [5.41, 5.74) is 5.77. The molecule has 1 amide bonds. The van der Waals surface area contributed by atoms with Crippen LogP contribution < -0.4 is 10.5 Å². The molecule has 0 spiro atoms. The van der Waals surface area contributed by atoms with Gasteiger partial charge >= 0.3 is 6.61 Å². The van der Waals surface area contributed by atoms with Gasteiger partial charge in [0.1, 0.15) is 16.8 Å². The summed E-state index contributed by atoms with van der Waals surface area (Å²) in [6.07, 6.45) is -0.488. The summed E-state index contributed by atoms with van der Waals surface area (Å²) in [5.74, 6) is -0.366. The Balaban J connectivity index is 2.10. The Morgan fingerprint density at radius 3 is 2.95 bits per heavy atom. The Labute approximate surface area is 125 Å². The van der Waals surface area contributed by atoms with Crippen LogP contribution >= 0.6 is 12.2 Å².